The molecule has 4 heteroatoms. The second-order valence-electron chi connectivity index (χ2n) is 13.8. The fraction of sp³-hybridized carbons (Fsp3) is 0.182. The molecule has 236 valence electrons. The third kappa shape index (κ3) is 4.72. The largest absolute Gasteiger partial charge is 0.555 e. The van der Waals surface area contributed by atoms with Crippen molar-refractivity contribution in [1.29, 1.82) is 0 Å². The highest BCUT2D eigenvalue weighted by atomic mass is 32.2. The molecule has 0 fully saturated rings. The molecule has 0 aliphatic carbocycles. The monoisotopic (exact) mass is 642 g/mol. The van der Waals surface area contributed by atoms with Crippen LogP contribution in [0.1, 0.15) is 47.2 Å². The van der Waals surface area contributed by atoms with E-state index in [1.54, 1.807) is 0 Å². The van der Waals surface area contributed by atoms with E-state index in [4.69, 9.17) is 9.39 Å². The van der Waals surface area contributed by atoms with Crippen LogP contribution >= 0.6 is 11.8 Å². The maximum Gasteiger partial charge on any atom is 0.389 e. The zero-order chi connectivity index (χ0) is 33.3. The molecule has 0 atom stereocenters. The summed E-state index contributed by atoms with van der Waals surface area (Å²) in [5.74, 6) is 2.85. The van der Waals surface area contributed by atoms with E-state index in [1.807, 2.05) is 11.8 Å². The summed E-state index contributed by atoms with van der Waals surface area (Å²) in [7, 11) is 0. The predicted molar refractivity (Wildman–Crippen MR) is 203 cm³/mol. The average Bonchev–Trinajstić information content (AvgIpc) is 3.22. The SMILES string of the molecule is CB1Oc2ccccc2Sc2c1cccc2-c1c(C)ccc(-c2ccc(C)c(-c3cccc4c3Oc3ccccc3C4(C)C)c2C)c1C. The van der Waals surface area contributed by atoms with Crippen LogP contribution in [0.15, 0.2) is 119 Å². The van der Waals surface area contributed by atoms with Gasteiger partial charge < -0.3 is 9.39 Å². The van der Waals surface area contributed by atoms with Gasteiger partial charge in [-0.15, -0.1) is 0 Å². The molecule has 0 spiro atoms. The molecule has 0 saturated heterocycles. The third-order valence-electron chi connectivity index (χ3n) is 10.5. The van der Waals surface area contributed by atoms with Gasteiger partial charge in [-0.05, 0) is 108 Å². The van der Waals surface area contributed by atoms with Crippen LogP contribution in [0.25, 0.3) is 33.4 Å². The molecule has 8 rings (SSSR count). The Bertz CT molecular complexity index is 2200. The highest BCUT2D eigenvalue weighted by Gasteiger charge is 2.36. The van der Waals surface area contributed by atoms with E-state index in [9.17, 15) is 0 Å². The second-order valence-corrected chi connectivity index (χ2v) is 14.9. The van der Waals surface area contributed by atoms with E-state index in [1.165, 1.54) is 71.6 Å². The predicted octanol–water partition coefficient (Wildman–Crippen LogP) is 11.7. The first kappa shape index (κ1) is 30.7. The minimum absolute atomic E-state index is 0.0437. The molecule has 0 N–H and O–H groups in total. The van der Waals surface area contributed by atoms with Gasteiger partial charge >= 0.3 is 6.92 Å². The highest BCUT2D eigenvalue weighted by molar-refractivity contribution is 7.99. The molecule has 0 radical (unpaired) electrons. The van der Waals surface area contributed by atoms with Gasteiger partial charge in [0.1, 0.15) is 17.2 Å². The average molecular weight is 643 g/mol. The van der Waals surface area contributed by atoms with Crippen LogP contribution in [0, 0.1) is 27.7 Å². The summed E-state index contributed by atoms with van der Waals surface area (Å²) < 4.78 is 13.2. The lowest BCUT2D eigenvalue weighted by atomic mass is 9.63. The summed E-state index contributed by atoms with van der Waals surface area (Å²) in [5, 5.41) is 0. The summed E-state index contributed by atoms with van der Waals surface area (Å²) >= 11 is 1.82. The summed E-state index contributed by atoms with van der Waals surface area (Å²) in [6, 6.07) is 39.4. The maximum atomic E-state index is 6.75. The molecule has 6 aromatic carbocycles. The second kappa shape index (κ2) is 11.5. The van der Waals surface area contributed by atoms with Gasteiger partial charge in [-0.25, -0.2) is 0 Å². The van der Waals surface area contributed by atoms with E-state index >= 15 is 0 Å². The molecule has 0 unspecified atom stereocenters. The van der Waals surface area contributed by atoms with Crippen molar-refractivity contribution in [3.05, 3.63) is 143 Å². The van der Waals surface area contributed by atoms with Crippen LogP contribution in [-0.4, -0.2) is 6.92 Å². The van der Waals surface area contributed by atoms with Crippen molar-refractivity contribution in [2.24, 2.45) is 0 Å². The molecule has 2 aliphatic heterocycles. The van der Waals surface area contributed by atoms with Crippen LogP contribution in [0.2, 0.25) is 6.82 Å². The molecule has 0 saturated carbocycles. The minimum Gasteiger partial charge on any atom is -0.555 e. The van der Waals surface area contributed by atoms with Gasteiger partial charge in [-0.2, -0.15) is 0 Å². The Labute approximate surface area is 289 Å². The lowest BCUT2D eigenvalue weighted by molar-refractivity contribution is 0.419. The molecule has 0 aromatic heterocycles. The lowest BCUT2D eigenvalue weighted by Gasteiger charge is -2.35. The van der Waals surface area contributed by atoms with Gasteiger partial charge in [0.25, 0.3) is 0 Å². The van der Waals surface area contributed by atoms with Crippen molar-refractivity contribution < 1.29 is 9.39 Å². The van der Waals surface area contributed by atoms with Gasteiger partial charge in [-0.3, -0.25) is 0 Å². The van der Waals surface area contributed by atoms with Crippen LogP contribution in [0.3, 0.4) is 0 Å². The van der Waals surface area contributed by atoms with Crippen molar-refractivity contribution in [3.63, 3.8) is 0 Å². The Balaban J connectivity index is 1.29. The standard InChI is InChI=1S/C44H39BO2S/c1-26-22-24-30(28(3)40(26)32-14-12-17-35-42(32)46-37-19-9-8-16-34(37)44(35,5)6)31-25-23-27(2)41(29(31)4)33-15-13-18-36-43(33)48-39-21-11-10-20-38(39)47-45(36)7/h8-25H,1-7H3. The van der Waals surface area contributed by atoms with Gasteiger partial charge in [0.15, 0.2) is 0 Å². The number of hydrogen-bond donors (Lipinski definition) is 0. The van der Waals surface area contributed by atoms with Crippen LogP contribution in [0.4, 0.5) is 0 Å². The molecule has 0 bridgehead atoms. The zero-order valence-corrected chi connectivity index (χ0v) is 29.5. The Morgan fingerprint density at radius 1 is 0.562 bits per heavy atom. The zero-order valence-electron chi connectivity index (χ0n) is 28.7. The summed E-state index contributed by atoms with van der Waals surface area (Å²) in [6.07, 6.45) is 0. The number of rotatable bonds is 3. The van der Waals surface area contributed by atoms with Gasteiger partial charge in [-0.1, -0.05) is 117 Å². The van der Waals surface area contributed by atoms with Crippen molar-refractivity contribution in [2.75, 3.05) is 0 Å². The number of hydrogen-bond acceptors (Lipinski definition) is 3. The van der Waals surface area contributed by atoms with Crippen molar-refractivity contribution >= 4 is 24.1 Å². The van der Waals surface area contributed by atoms with Crippen LogP contribution in [0.5, 0.6) is 17.2 Å². The molecule has 6 aromatic rings. The van der Waals surface area contributed by atoms with Crippen molar-refractivity contribution in [2.45, 2.75) is 63.6 Å². The Morgan fingerprint density at radius 2 is 1.15 bits per heavy atom. The van der Waals surface area contributed by atoms with Crippen LogP contribution < -0.4 is 14.9 Å². The van der Waals surface area contributed by atoms with Gasteiger partial charge in [0.2, 0.25) is 0 Å². The smallest absolute Gasteiger partial charge is 0.389 e. The quantitative estimate of drug-likeness (QED) is 0.179. The first-order valence-electron chi connectivity index (χ1n) is 16.8. The van der Waals surface area contributed by atoms with Crippen molar-refractivity contribution in [3.8, 4) is 50.6 Å². The number of para-hydroxylation sites is 3. The summed E-state index contributed by atoms with van der Waals surface area (Å²) in [6.45, 7) is 15.7. The summed E-state index contributed by atoms with van der Waals surface area (Å²) in [5.41, 5.74) is 16.0. The third-order valence-corrected chi connectivity index (χ3v) is 11.7. The number of fused-ring (bicyclic) bond motifs is 4. The first-order chi connectivity index (χ1) is 23.1. The molecular weight excluding hydrogens is 603 g/mol. The van der Waals surface area contributed by atoms with E-state index in [0.29, 0.717) is 0 Å². The molecular formula is C44H39BO2S. The minimum atomic E-state index is -0.170. The normalized spacial score (nSPS) is 14.1. The Kier molecular flexibility index (Phi) is 7.34. The van der Waals surface area contributed by atoms with Crippen molar-refractivity contribution in [1.82, 2.24) is 0 Å². The van der Waals surface area contributed by atoms with E-state index < -0.39 is 0 Å². The van der Waals surface area contributed by atoms with E-state index in [2.05, 4.69) is 158 Å². The molecule has 2 aliphatic rings. The van der Waals surface area contributed by atoms with Crippen LogP contribution in [-0.2, 0) is 5.41 Å². The fourth-order valence-electron chi connectivity index (χ4n) is 7.95. The van der Waals surface area contributed by atoms with E-state index in [-0.39, 0.29) is 12.3 Å². The number of benzene rings is 6. The molecule has 48 heavy (non-hydrogen) atoms. The Hall–Kier alpha value is -4.67. The van der Waals surface area contributed by atoms with E-state index in [0.717, 1.165) is 27.7 Å². The van der Waals surface area contributed by atoms with Gasteiger partial charge in [0.05, 0.1) is 4.90 Å². The highest BCUT2D eigenvalue weighted by Crippen LogP contribution is 2.53. The summed E-state index contributed by atoms with van der Waals surface area (Å²) in [4.78, 5) is 2.43. The Morgan fingerprint density at radius 3 is 1.88 bits per heavy atom. The van der Waals surface area contributed by atoms with Gasteiger partial charge in [0, 0.05) is 27.0 Å². The molecule has 0 amide bonds. The molecule has 2 nitrogen and oxygen atoms in total. The first-order valence-corrected chi connectivity index (χ1v) is 17.7. The topological polar surface area (TPSA) is 18.5 Å². The number of aryl methyl sites for hydroxylation is 2. The lowest BCUT2D eigenvalue weighted by Crippen LogP contribution is -2.34. The maximum absolute atomic E-state index is 6.75. The number of ether oxygens (including phenoxy) is 1. The molecule has 2 heterocycles. The fourth-order valence-corrected chi connectivity index (χ4v) is 9.17.